The molecule has 96 valence electrons. The Labute approximate surface area is 100 Å². The molecule has 7 nitrogen and oxygen atoms in total. The summed E-state index contributed by atoms with van der Waals surface area (Å²) in [5, 5.41) is 16.4. The largest absolute Gasteiger partial charge is 0.480 e. The van der Waals surface area contributed by atoms with Gasteiger partial charge >= 0.3 is 5.97 Å². The fraction of sp³-hybridized carbons (Fsp3) is 0.700. The summed E-state index contributed by atoms with van der Waals surface area (Å²) in [4.78, 5) is 12.5. The van der Waals surface area contributed by atoms with Crippen molar-refractivity contribution in [1.29, 1.82) is 0 Å². The van der Waals surface area contributed by atoms with Crippen molar-refractivity contribution in [3.63, 3.8) is 0 Å². The van der Waals surface area contributed by atoms with Gasteiger partial charge in [-0.2, -0.15) is 0 Å². The Bertz CT molecular complexity index is 365. The minimum absolute atomic E-state index is 0.502. The summed E-state index contributed by atoms with van der Waals surface area (Å²) in [7, 11) is 3.81. The van der Waals surface area contributed by atoms with Crippen molar-refractivity contribution in [2.75, 3.05) is 18.5 Å². The first-order chi connectivity index (χ1) is 8.02. The van der Waals surface area contributed by atoms with Gasteiger partial charge in [-0.05, 0) is 19.3 Å². The van der Waals surface area contributed by atoms with Crippen LogP contribution in [0.15, 0.2) is 6.33 Å². The Morgan fingerprint density at radius 3 is 2.88 bits per heavy atom. The molecule has 0 amide bonds. The molecule has 0 aliphatic heterocycles. The lowest BCUT2D eigenvalue weighted by molar-refractivity contribution is -0.138. The zero-order valence-electron chi connectivity index (χ0n) is 10.2. The molecule has 1 unspecified atom stereocenters. The lowest BCUT2D eigenvalue weighted by atomic mass is 10.1. The minimum Gasteiger partial charge on any atom is -0.480 e. The van der Waals surface area contributed by atoms with Gasteiger partial charge in [0.15, 0.2) is 0 Å². The highest BCUT2D eigenvalue weighted by Crippen LogP contribution is 2.08. The van der Waals surface area contributed by atoms with Gasteiger partial charge in [0.2, 0.25) is 5.95 Å². The number of carboxylic acid groups (broad SMARTS) is 1. The molecular formula is C10H19N5O2. The normalized spacial score (nSPS) is 12.4. The average Bonchev–Trinajstić information content (AvgIpc) is 2.70. The third-order valence-corrected chi connectivity index (χ3v) is 2.60. The third-order valence-electron chi connectivity index (χ3n) is 2.60. The highest BCUT2D eigenvalue weighted by molar-refractivity contribution is 5.72. The van der Waals surface area contributed by atoms with E-state index in [1.165, 1.54) is 0 Å². The van der Waals surface area contributed by atoms with Crippen molar-refractivity contribution in [1.82, 2.24) is 14.8 Å². The number of carboxylic acids is 1. The van der Waals surface area contributed by atoms with Gasteiger partial charge < -0.3 is 20.3 Å². The van der Waals surface area contributed by atoms with Crippen molar-refractivity contribution >= 4 is 11.9 Å². The van der Waals surface area contributed by atoms with Crippen LogP contribution in [0.3, 0.4) is 0 Å². The van der Waals surface area contributed by atoms with E-state index in [9.17, 15) is 4.79 Å². The van der Waals surface area contributed by atoms with Gasteiger partial charge in [-0.1, -0.05) is 0 Å². The lowest BCUT2D eigenvalue weighted by Gasteiger charge is -2.17. The maximum absolute atomic E-state index is 10.5. The summed E-state index contributed by atoms with van der Waals surface area (Å²) in [6.07, 6.45) is 3.81. The summed E-state index contributed by atoms with van der Waals surface area (Å²) in [5.74, 6) is -0.140. The molecule has 0 radical (unpaired) electrons. The molecule has 0 aliphatic rings. The molecule has 1 heterocycles. The Morgan fingerprint density at radius 2 is 2.35 bits per heavy atom. The summed E-state index contributed by atoms with van der Waals surface area (Å²) in [6, 6.07) is -0.755. The zero-order chi connectivity index (χ0) is 12.8. The van der Waals surface area contributed by atoms with Gasteiger partial charge in [-0.3, -0.25) is 4.79 Å². The standard InChI is InChI=1S/C10H19N5O2/c1-14(10-13-12-7-15(10)2)6-4-3-5-8(11)9(16)17/h7-8H,3-6,11H2,1-2H3,(H,16,17). The predicted molar refractivity (Wildman–Crippen MR) is 63.7 cm³/mol. The van der Waals surface area contributed by atoms with E-state index in [2.05, 4.69) is 10.2 Å². The molecule has 1 atom stereocenters. The van der Waals surface area contributed by atoms with E-state index in [1.54, 1.807) is 6.33 Å². The lowest BCUT2D eigenvalue weighted by Crippen LogP contribution is -2.30. The van der Waals surface area contributed by atoms with E-state index in [0.717, 1.165) is 25.3 Å². The first-order valence-corrected chi connectivity index (χ1v) is 5.56. The molecule has 0 spiro atoms. The Morgan fingerprint density at radius 1 is 1.65 bits per heavy atom. The number of hydrogen-bond acceptors (Lipinski definition) is 5. The molecule has 0 fully saturated rings. The van der Waals surface area contributed by atoms with Crippen molar-refractivity contribution in [3.8, 4) is 0 Å². The Kier molecular flexibility index (Phi) is 4.89. The Hall–Kier alpha value is -1.63. The summed E-state index contributed by atoms with van der Waals surface area (Å²) >= 11 is 0. The number of anilines is 1. The number of unbranched alkanes of at least 4 members (excludes halogenated alkanes) is 1. The van der Waals surface area contributed by atoms with Crippen molar-refractivity contribution in [2.24, 2.45) is 12.8 Å². The smallest absolute Gasteiger partial charge is 0.320 e. The van der Waals surface area contributed by atoms with Crippen molar-refractivity contribution < 1.29 is 9.90 Å². The quantitative estimate of drug-likeness (QED) is 0.643. The molecule has 17 heavy (non-hydrogen) atoms. The van der Waals surface area contributed by atoms with E-state index in [0.29, 0.717) is 6.42 Å². The zero-order valence-corrected chi connectivity index (χ0v) is 10.2. The van der Waals surface area contributed by atoms with E-state index in [1.807, 2.05) is 23.6 Å². The number of aromatic nitrogens is 3. The minimum atomic E-state index is -0.938. The molecule has 3 N–H and O–H groups in total. The second-order valence-electron chi connectivity index (χ2n) is 4.10. The number of rotatable bonds is 7. The molecular weight excluding hydrogens is 222 g/mol. The summed E-state index contributed by atoms with van der Waals surface area (Å²) < 4.78 is 1.84. The maximum Gasteiger partial charge on any atom is 0.320 e. The topological polar surface area (TPSA) is 97.3 Å². The average molecular weight is 241 g/mol. The van der Waals surface area contributed by atoms with E-state index in [-0.39, 0.29) is 0 Å². The third kappa shape index (κ3) is 4.03. The van der Waals surface area contributed by atoms with Crippen LogP contribution in [0.5, 0.6) is 0 Å². The Balaban J connectivity index is 2.23. The summed E-state index contributed by atoms with van der Waals surface area (Å²) in [5.41, 5.74) is 5.41. The van der Waals surface area contributed by atoms with Gasteiger partial charge in [-0.15, -0.1) is 10.2 Å². The monoisotopic (exact) mass is 241 g/mol. The van der Waals surface area contributed by atoms with Gasteiger partial charge in [0.1, 0.15) is 12.4 Å². The molecule has 0 aliphatic carbocycles. The van der Waals surface area contributed by atoms with Gasteiger partial charge in [-0.25, -0.2) is 0 Å². The van der Waals surface area contributed by atoms with Crippen molar-refractivity contribution in [2.45, 2.75) is 25.3 Å². The van der Waals surface area contributed by atoms with E-state index >= 15 is 0 Å². The first-order valence-electron chi connectivity index (χ1n) is 5.56. The van der Waals surface area contributed by atoms with E-state index in [4.69, 9.17) is 10.8 Å². The highest BCUT2D eigenvalue weighted by atomic mass is 16.4. The van der Waals surface area contributed by atoms with Crippen LogP contribution in [0.1, 0.15) is 19.3 Å². The fourth-order valence-corrected chi connectivity index (χ4v) is 1.56. The first kappa shape index (κ1) is 13.4. The van der Waals surface area contributed by atoms with E-state index < -0.39 is 12.0 Å². The van der Waals surface area contributed by atoms with Crippen LogP contribution in [0.2, 0.25) is 0 Å². The molecule has 0 saturated carbocycles. The maximum atomic E-state index is 10.5. The number of hydrogen-bond donors (Lipinski definition) is 2. The second kappa shape index (κ2) is 6.19. The van der Waals surface area contributed by atoms with Crippen molar-refractivity contribution in [3.05, 3.63) is 6.33 Å². The van der Waals surface area contributed by atoms with Crippen LogP contribution in [-0.2, 0) is 11.8 Å². The highest BCUT2D eigenvalue weighted by Gasteiger charge is 2.11. The van der Waals surface area contributed by atoms with Crippen LogP contribution in [0.25, 0.3) is 0 Å². The number of aliphatic carboxylic acids is 1. The SMILES string of the molecule is CN(CCCCC(N)C(=O)O)c1nncn1C. The van der Waals surface area contributed by atoms with Crippen LogP contribution >= 0.6 is 0 Å². The summed E-state index contributed by atoms with van der Waals surface area (Å²) in [6.45, 7) is 0.804. The molecule has 7 heteroatoms. The second-order valence-corrected chi connectivity index (χ2v) is 4.10. The van der Waals surface area contributed by atoms with Crippen LogP contribution < -0.4 is 10.6 Å². The number of nitrogens with two attached hydrogens (primary N) is 1. The van der Waals surface area contributed by atoms with Crippen LogP contribution in [0.4, 0.5) is 5.95 Å². The molecule has 0 aromatic carbocycles. The molecule has 0 bridgehead atoms. The number of nitrogens with zero attached hydrogens (tertiary/aromatic N) is 4. The molecule has 1 aromatic rings. The van der Waals surface area contributed by atoms with Gasteiger partial charge in [0.25, 0.3) is 0 Å². The number of carbonyl (C=O) groups is 1. The van der Waals surface area contributed by atoms with Crippen LogP contribution in [0, 0.1) is 0 Å². The molecule has 1 rings (SSSR count). The van der Waals surface area contributed by atoms with Crippen LogP contribution in [-0.4, -0.2) is 45.5 Å². The van der Waals surface area contributed by atoms with Gasteiger partial charge in [0.05, 0.1) is 0 Å². The number of aryl methyl sites for hydroxylation is 1. The molecule has 1 aromatic heterocycles. The van der Waals surface area contributed by atoms with Gasteiger partial charge in [0, 0.05) is 20.6 Å². The predicted octanol–water partition coefficient (Wildman–Crippen LogP) is -0.166. The fourth-order valence-electron chi connectivity index (χ4n) is 1.56. The molecule has 0 saturated heterocycles.